The van der Waals surface area contributed by atoms with Crippen molar-refractivity contribution in [3.05, 3.63) is 58.0 Å². The van der Waals surface area contributed by atoms with Crippen LogP contribution in [0.3, 0.4) is 0 Å². The largest absolute Gasteiger partial charge is 0.456 e. The molecule has 4 heterocycles. The van der Waals surface area contributed by atoms with Gasteiger partial charge in [0, 0.05) is 38.6 Å². The van der Waals surface area contributed by atoms with Gasteiger partial charge in [0.05, 0.1) is 33.0 Å². The van der Waals surface area contributed by atoms with Crippen molar-refractivity contribution in [2.75, 3.05) is 0 Å². The average Bonchev–Trinajstić information content (AvgIpc) is 3.21. The molecule has 9 heteroatoms. The minimum atomic E-state index is -0.0668. The van der Waals surface area contributed by atoms with E-state index < -0.39 is 0 Å². The topological polar surface area (TPSA) is 84.3 Å². The number of carbonyl (C=O) groups excluding carboxylic acids is 1. The molecule has 1 aliphatic rings. The number of fused-ring (bicyclic) bond motifs is 2. The lowest BCUT2D eigenvalue weighted by Gasteiger charge is -2.07. The molecule has 2 N–H and O–H groups in total. The highest BCUT2D eigenvalue weighted by atomic mass is 32.1. The summed E-state index contributed by atoms with van der Waals surface area (Å²) >= 11 is 4.69. The van der Waals surface area contributed by atoms with E-state index in [1.807, 2.05) is 42.6 Å². The lowest BCUT2D eigenvalue weighted by molar-refractivity contribution is 0.0952. The first kappa shape index (κ1) is 20.7. The third kappa shape index (κ3) is 3.91. The third-order valence-electron chi connectivity index (χ3n) is 5.51. The SMILES string of the molecule is Cc1sc2cc(Oc3ccnc4cc(-c5nc(CO)cs5)sc34)ccc2c1C(=O)NC1CC1. The van der Waals surface area contributed by atoms with Crippen LogP contribution in [0.5, 0.6) is 11.5 Å². The number of thiazole rings is 1. The van der Waals surface area contributed by atoms with Crippen molar-refractivity contribution < 1.29 is 14.6 Å². The fourth-order valence-corrected chi connectivity index (χ4v) is 6.78. The predicted molar refractivity (Wildman–Crippen MR) is 134 cm³/mol. The molecular formula is C24H19N3O3S3. The summed E-state index contributed by atoms with van der Waals surface area (Å²) in [6.07, 6.45) is 3.88. The first-order chi connectivity index (χ1) is 16.1. The van der Waals surface area contributed by atoms with Gasteiger partial charge in [0.2, 0.25) is 0 Å². The van der Waals surface area contributed by atoms with Crippen LogP contribution < -0.4 is 10.1 Å². The van der Waals surface area contributed by atoms with E-state index in [1.165, 1.54) is 11.3 Å². The van der Waals surface area contributed by atoms with Crippen molar-refractivity contribution in [3.63, 3.8) is 0 Å². The van der Waals surface area contributed by atoms with Crippen molar-refractivity contribution in [1.29, 1.82) is 0 Å². The molecular weight excluding hydrogens is 474 g/mol. The summed E-state index contributed by atoms with van der Waals surface area (Å²) in [6, 6.07) is 10.1. The zero-order valence-electron chi connectivity index (χ0n) is 17.6. The summed E-state index contributed by atoms with van der Waals surface area (Å²) < 4.78 is 8.25. The first-order valence-electron chi connectivity index (χ1n) is 10.5. The van der Waals surface area contributed by atoms with E-state index in [9.17, 15) is 9.90 Å². The summed E-state index contributed by atoms with van der Waals surface area (Å²) in [5.74, 6) is 1.47. The summed E-state index contributed by atoms with van der Waals surface area (Å²) in [5.41, 5.74) is 2.29. The molecule has 0 atom stereocenters. The second kappa shape index (κ2) is 8.18. The molecule has 1 aliphatic carbocycles. The number of hydrogen-bond acceptors (Lipinski definition) is 8. The van der Waals surface area contributed by atoms with Gasteiger partial charge in [-0.05, 0) is 44.0 Å². The molecule has 5 aromatic rings. The van der Waals surface area contributed by atoms with Crippen molar-refractivity contribution in [2.45, 2.75) is 32.4 Å². The van der Waals surface area contributed by atoms with Gasteiger partial charge >= 0.3 is 0 Å². The van der Waals surface area contributed by atoms with Crippen LogP contribution >= 0.6 is 34.0 Å². The lowest BCUT2D eigenvalue weighted by atomic mass is 10.1. The molecule has 0 unspecified atom stereocenters. The van der Waals surface area contributed by atoms with Gasteiger partial charge in [-0.25, -0.2) is 4.98 Å². The number of ether oxygens (including phenoxy) is 1. The Balaban J connectivity index is 1.32. The minimum absolute atomic E-state index is 0.0171. The summed E-state index contributed by atoms with van der Waals surface area (Å²) in [7, 11) is 0. The van der Waals surface area contributed by atoms with Crippen molar-refractivity contribution >= 4 is 60.2 Å². The monoisotopic (exact) mass is 493 g/mol. The molecule has 0 saturated heterocycles. The molecule has 6 rings (SSSR count). The number of nitrogens with zero attached hydrogens (tertiary/aromatic N) is 2. The van der Waals surface area contributed by atoms with Crippen LogP contribution in [0.25, 0.3) is 30.2 Å². The van der Waals surface area contributed by atoms with E-state index in [1.54, 1.807) is 28.9 Å². The number of hydrogen-bond donors (Lipinski definition) is 2. The van der Waals surface area contributed by atoms with E-state index in [4.69, 9.17) is 4.74 Å². The molecule has 6 nitrogen and oxygen atoms in total. The Labute approximate surface area is 201 Å². The van der Waals surface area contributed by atoms with Gasteiger partial charge in [-0.2, -0.15) is 0 Å². The number of pyridine rings is 1. The van der Waals surface area contributed by atoms with E-state index in [-0.39, 0.29) is 12.5 Å². The Morgan fingerprint density at radius 3 is 2.91 bits per heavy atom. The van der Waals surface area contributed by atoms with Gasteiger partial charge in [0.15, 0.2) is 0 Å². The number of aryl methyl sites for hydroxylation is 1. The van der Waals surface area contributed by atoms with Gasteiger partial charge < -0.3 is 15.2 Å². The molecule has 166 valence electrons. The molecule has 1 saturated carbocycles. The zero-order valence-corrected chi connectivity index (χ0v) is 20.1. The summed E-state index contributed by atoms with van der Waals surface area (Å²) in [6.45, 7) is 1.93. The van der Waals surface area contributed by atoms with Crippen LogP contribution in [-0.4, -0.2) is 27.0 Å². The Kier molecular flexibility index (Phi) is 5.14. The molecule has 1 fully saturated rings. The Bertz CT molecular complexity index is 1510. The fraction of sp³-hybridized carbons (Fsp3) is 0.208. The molecule has 0 aliphatic heterocycles. The van der Waals surface area contributed by atoms with E-state index in [0.717, 1.165) is 65.0 Å². The Hall–Kier alpha value is -2.85. The zero-order chi connectivity index (χ0) is 22.5. The predicted octanol–water partition coefficient (Wildman–Crippen LogP) is 6.12. The third-order valence-corrected chi connectivity index (χ3v) is 8.77. The maximum Gasteiger partial charge on any atom is 0.253 e. The fourth-order valence-electron chi connectivity index (χ4n) is 3.75. The van der Waals surface area contributed by atoms with Crippen molar-refractivity contribution in [3.8, 4) is 21.4 Å². The Morgan fingerprint density at radius 2 is 2.12 bits per heavy atom. The van der Waals surface area contributed by atoms with E-state index in [0.29, 0.717) is 11.7 Å². The number of thiophene rings is 2. The van der Waals surface area contributed by atoms with Gasteiger partial charge in [-0.15, -0.1) is 34.0 Å². The number of rotatable bonds is 6. The van der Waals surface area contributed by atoms with Crippen LogP contribution in [0.2, 0.25) is 0 Å². The smallest absolute Gasteiger partial charge is 0.253 e. The number of benzene rings is 1. The number of aliphatic hydroxyl groups excluding tert-OH is 1. The van der Waals surface area contributed by atoms with Gasteiger partial charge in [0.1, 0.15) is 16.5 Å². The summed E-state index contributed by atoms with van der Waals surface area (Å²) in [4.78, 5) is 23.7. The molecule has 4 aromatic heterocycles. The number of nitrogens with one attached hydrogen (secondary N) is 1. The maximum absolute atomic E-state index is 12.7. The van der Waals surface area contributed by atoms with Gasteiger partial charge in [0.25, 0.3) is 5.91 Å². The second-order valence-corrected chi connectivity index (χ2v) is 11.1. The molecule has 0 bridgehead atoms. The van der Waals surface area contributed by atoms with Crippen LogP contribution in [0.1, 0.15) is 33.8 Å². The molecule has 1 aromatic carbocycles. The number of carbonyl (C=O) groups is 1. The highest BCUT2D eigenvalue weighted by molar-refractivity contribution is 7.25. The minimum Gasteiger partial charge on any atom is -0.456 e. The van der Waals surface area contributed by atoms with Crippen LogP contribution in [-0.2, 0) is 6.61 Å². The molecule has 0 spiro atoms. The van der Waals surface area contributed by atoms with Crippen molar-refractivity contribution in [2.24, 2.45) is 0 Å². The quantitative estimate of drug-likeness (QED) is 0.298. The Morgan fingerprint density at radius 1 is 1.24 bits per heavy atom. The van der Waals surface area contributed by atoms with Gasteiger partial charge in [-0.1, -0.05) is 0 Å². The highest BCUT2D eigenvalue weighted by Crippen LogP contribution is 2.41. The van der Waals surface area contributed by atoms with Crippen molar-refractivity contribution in [1.82, 2.24) is 15.3 Å². The van der Waals surface area contributed by atoms with Gasteiger partial charge in [-0.3, -0.25) is 9.78 Å². The summed E-state index contributed by atoms with van der Waals surface area (Å²) in [5, 5.41) is 16.1. The standard InChI is InChI=1S/C24H19N3O3S3/c1-12-21(23(29)26-13-2-3-13)16-5-4-15(8-19(16)32-12)30-18-6-7-25-17-9-20(33-22(17)18)24-27-14(10-28)11-31-24/h4-9,11,13,28H,2-3,10H2,1H3,(H,26,29). The first-order valence-corrected chi connectivity index (χ1v) is 13.1. The van der Waals surface area contributed by atoms with E-state index in [2.05, 4.69) is 15.3 Å². The molecule has 1 amide bonds. The lowest BCUT2D eigenvalue weighted by Crippen LogP contribution is -2.25. The van der Waals surface area contributed by atoms with Crippen LogP contribution in [0.4, 0.5) is 0 Å². The van der Waals surface area contributed by atoms with Crippen LogP contribution in [0.15, 0.2) is 41.9 Å². The van der Waals surface area contributed by atoms with E-state index >= 15 is 0 Å². The number of aliphatic hydroxyl groups is 1. The highest BCUT2D eigenvalue weighted by Gasteiger charge is 2.26. The van der Waals surface area contributed by atoms with Crippen LogP contribution in [0, 0.1) is 6.92 Å². The molecule has 33 heavy (non-hydrogen) atoms. The number of amides is 1. The molecule has 0 radical (unpaired) electrons. The maximum atomic E-state index is 12.7. The number of aromatic nitrogens is 2. The average molecular weight is 494 g/mol. The second-order valence-electron chi connectivity index (χ2n) is 7.98. The normalized spacial score (nSPS) is 13.6.